The molecule has 0 aromatic heterocycles. The summed E-state index contributed by atoms with van der Waals surface area (Å²) < 4.78 is 0.499. The molecule has 2 fully saturated rings. The molecule has 0 spiro atoms. The fourth-order valence-electron chi connectivity index (χ4n) is 3.52. The summed E-state index contributed by atoms with van der Waals surface area (Å²) in [6.07, 6.45) is 1.66. The summed E-state index contributed by atoms with van der Waals surface area (Å²) in [5, 5.41) is 11.7. The first-order valence-electron chi connectivity index (χ1n) is 9.63. The average molecular weight is 475 g/mol. The Labute approximate surface area is 194 Å². The maximum atomic E-state index is 12.9. The maximum Gasteiger partial charge on any atom is 0.270 e. The Hall–Kier alpha value is -2.46. The van der Waals surface area contributed by atoms with Crippen molar-refractivity contribution in [2.45, 2.75) is 0 Å². The molecular weight excluding hydrogens is 456 g/mol. The molecule has 2 heterocycles. The van der Waals surface area contributed by atoms with Gasteiger partial charge < -0.3 is 4.90 Å². The van der Waals surface area contributed by atoms with Crippen LogP contribution in [0.1, 0.15) is 5.56 Å². The number of piperazine rings is 1. The first-order chi connectivity index (χ1) is 14.9. The van der Waals surface area contributed by atoms with Crippen LogP contribution in [0.5, 0.6) is 0 Å². The number of benzene rings is 2. The number of rotatable bonds is 5. The van der Waals surface area contributed by atoms with Crippen molar-refractivity contribution < 1.29 is 9.72 Å². The molecule has 0 aliphatic carbocycles. The largest absolute Gasteiger partial charge is 0.369 e. The van der Waals surface area contributed by atoms with E-state index in [0.29, 0.717) is 26.5 Å². The molecular formula is C21H19ClN4O3S2. The van der Waals surface area contributed by atoms with Gasteiger partial charge in [0.15, 0.2) is 0 Å². The van der Waals surface area contributed by atoms with E-state index in [0.717, 1.165) is 31.9 Å². The standard InChI is InChI=1S/C21H19ClN4O3S2/c22-16-4-2-5-17(13-16)24-9-7-23(8-10-24)14-25-20(27)19(31-21(25)30)12-15-3-1-6-18(11-15)26(28)29/h1-6,11-13H,7-10,14H2/b19-12+. The Balaban J connectivity index is 1.39. The van der Waals surface area contributed by atoms with Crippen LogP contribution in [0.3, 0.4) is 0 Å². The smallest absolute Gasteiger partial charge is 0.270 e. The molecule has 0 N–H and O–H groups in total. The topological polar surface area (TPSA) is 69.9 Å². The lowest BCUT2D eigenvalue weighted by Crippen LogP contribution is -2.50. The SMILES string of the molecule is O=C1/C(=C\c2cccc([N+](=O)[O-])c2)SC(=S)N1CN1CCN(c2cccc(Cl)c2)CC1. The second-order valence-corrected chi connectivity index (χ2v) is 9.30. The van der Waals surface area contributed by atoms with Crippen LogP contribution in [0.25, 0.3) is 6.08 Å². The number of anilines is 1. The molecule has 0 saturated carbocycles. The van der Waals surface area contributed by atoms with Crippen LogP contribution >= 0.6 is 35.6 Å². The number of nitrogens with zero attached hydrogens (tertiary/aromatic N) is 4. The molecule has 2 aliphatic heterocycles. The van der Waals surface area contributed by atoms with Gasteiger partial charge in [-0.1, -0.05) is 53.8 Å². The highest BCUT2D eigenvalue weighted by atomic mass is 35.5. The van der Waals surface area contributed by atoms with Crippen LogP contribution in [0.4, 0.5) is 11.4 Å². The summed E-state index contributed by atoms with van der Waals surface area (Å²) in [6, 6.07) is 14.0. The lowest BCUT2D eigenvalue weighted by atomic mass is 10.2. The lowest BCUT2D eigenvalue weighted by Gasteiger charge is -2.37. The van der Waals surface area contributed by atoms with Crippen molar-refractivity contribution in [3.05, 3.63) is 74.1 Å². The summed E-state index contributed by atoms with van der Waals surface area (Å²) in [6.45, 7) is 3.69. The number of hydrogen-bond donors (Lipinski definition) is 0. The fraction of sp³-hybridized carbons (Fsp3) is 0.238. The normalized spacial score (nSPS) is 18.8. The average Bonchev–Trinajstić information content (AvgIpc) is 3.02. The number of non-ortho nitro benzene ring substituents is 1. The predicted molar refractivity (Wildman–Crippen MR) is 128 cm³/mol. The highest BCUT2D eigenvalue weighted by molar-refractivity contribution is 8.26. The van der Waals surface area contributed by atoms with Gasteiger partial charge in [0.05, 0.1) is 16.5 Å². The predicted octanol–water partition coefficient (Wildman–Crippen LogP) is 4.23. The van der Waals surface area contributed by atoms with E-state index in [9.17, 15) is 14.9 Å². The van der Waals surface area contributed by atoms with Crippen molar-refractivity contribution in [2.75, 3.05) is 37.7 Å². The molecule has 0 atom stereocenters. The Bertz CT molecular complexity index is 1070. The van der Waals surface area contributed by atoms with Gasteiger partial charge in [0.25, 0.3) is 11.6 Å². The van der Waals surface area contributed by atoms with E-state index in [4.69, 9.17) is 23.8 Å². The Morgan fingerprint density at radius 3 is 2.58 bits per heavy atom. The molecule has 10 heteroatoms. The minimum absolute atomic E-state index is 0.0122. The van der Waals surface area contributed by atoms with Crippen molar-refractivity contribution in [1.29, 1.82) is 0 Å². The van der Waals surface area contributed by atoms with Crippen molar-refractivity contribution in [3.8, 4) is 0 Å². The molecule has 1 amide bonds. The number of hydrogen-bond acceptors (Lipinski definition) is 7. The van der Waals surface area contributed by atoms with Crippen LogP contribution < -0.4 is 4.90 Å². The Morgan fingerprint density at radius 1 is 1.13 bits per heavy atom. The molecule has 4 rings (SSSR count). The Morgan fingerprint density at radius 2 is 1.87 bits per heavy atom. The van der Waals surface area contributed by atoms with Gasteiger partial charge in [-0.05, 0) is 29.8 Å². The van der Waals surface area contributed by atoms with Gasteiger partial charge >= 0.3 is 0 Å². The van der Waals surface area contributed by atoms with E-state index in [1.165, 1.54) is 23.9 Å². The van der Waals surface area contributed by atoms with Gasteiger partial charge in [-0.15, -0.1) is 0 Å². The van der Waals surface area contributed by atoms with Gasteiger partial charge in [-0.25, -0.2) is 0 Å². The van der Waals surface area contributed by atoms with E-state index < -0.39 is 4.92 Å². The third-order valence-electron chi connectivity index (χ3n) is 5.14. The summed E-state index contributed by atoms with van der Waals surface area (Å²) in [5.74, 6) is -0.168. The van der Waals surface area contributed by atoms with Crippen LogP contribution in [-0.2, 0) is 4.79 Å². The minimum Gasteiger partial charge on any atom is -0.369 e. The number of nitro groups is 1. The van der Waals surface area contributed by atoms with Crippen LogP contribution in [0, 0.1) is 10.1 Å². The molecule has 2 saturated heterocycles. The van der Waals surface area contributed by atoms with Crippen molar-refractivity contribution in [3.63, 3.8) is 0 Å². The third kappa shape index (κ3) is 5.07. The number of thiocarbonyl (C=S) groups is 1. The molecule has 2 aromatic carbocycles. The molecule has 0 radical (unpaired) electrons. The number of carbonyl (C=O) groups excluding carboxylic acids is 1. The maximum absolute atomic E-state index is 12.9. The van der Waals surface area contributed by atoms with Gasteiger partial charge in [-0.3, -0.25) is 24.7 Å². The van der Waals surface area contributed by atoms with Crippen LogP contribution in [0.2, 0.25) is 5.02 Å². The number of carbonyl (C=O) groups is 1. The van der Waals surface area contributed by atoms with Crippen molar-refractivity contribution in [2.24, 2.45) is 0 Å². The van der Waals surface area contributed by atoms with E-state index in [-0.39, 0.29) is 11.6 Å². The second-order valence-electron chi connectivity index (χ2n) is 7.19. The number of thioether (sulfide) groups is 1. The molecule has 2 aromatic rings. The monoisotopic (exact) mass is 474 g/mol. The molecule has 0 bridgehead atoms. The zero-order valence-corrected chi connectivity index (χ0v) is 18.8. The van der Waals surface area contributed by atoms with Crippen LogP contribution in [0.15, 0.2) is 53.4 Å². The number of nitro benzene ring substituents is 1. The van der Waals surface area contributed by atoms with E-state index in [1.54, 1.807) is 23.1 Å². The summed E-state index contributed by atoms with van der Waals surface area (Å²) in [5.41, 5.74) is 1.68. The zero-order chi connectivity index (χ0) is 22.0. The quantitative estimate of drug-likeness (QED) is 0.278. The lowest BCUT2D eigenvalue weighted by molar-refractivity contribution is -0.384. The minimum atomic E-state index is -0.453. The molecule has 7 nitrogen and oxygen atoms in total. The van der Waals surface area contributed by atoms with Gasteiger partial charge in [0.2, 0.25) is 0 Å². The summed E-state index contributed by atoms with van der Waals surface area (Å²) in [7, 11) is 0. The molecule has 160 valence electrons. The third-order valence-corrected chi connectivity index (χ3v) is 6.75. The number of amides is 1. The first kappa shape index (κ1) is 21.8. The van der Waals surface area contributed by atoms with E-state index in [2.05, 4.69) is 9.80 Å². The number of halogens is 1. The summed E-state index contributed by atoms with van der Waals surface area (Å²) in [4.78, 5) is 30.0. The molecule has 31 heavy (non-hydrogen) atoms. The first-order valence-corrected chi connectivity index (χ1v) is 11.2. The van der Waals surface area contributed by atoms with E-state index in [1.807, 2.05) is 24.3 Å². The molecule has 0 unspecified atom stereocenters. The highest BCUT2D eigenvalue weighted by Gasteiger charge is 2.34. The van der Waals surface area contributed by atoms with Crippen molar-refractivity contribution in [1.82, 2.24) is 9.80 Å². The van der Waals surface area contributed by atoms with Crippen molar-refractivity contribution >= 4 is 63.3 Å². The zero-order valence-electron chi connectivity index (χ0n) is 16.4. The summed E-state index contributed by atoms with van der Waals surface area (Å²) >= 11 is 12.8. The second kappa shape index (κ2) is 9.35. The Kier molecular flexibility index (Phi) is 6.57. The fourth-order valence-corrected chi connectivity index (χ4v) is 4.95. The van der Waals surface area contributed by atoms with Gasteiger partial charge in [-0.2, -0.15) is 0 Å². The van der Waals surface area contributed by atoms with E-state index >= 15 is 0 Å². The van der Waals surface area contributed by atoms with Gasteiger partial charge in [0, 0.05) is 49.0 Å². The van der Waals surface area contributed by atoms with Crippen LogP contribution in [-0.4, -0.2) is 57.8 Å². The molecule has 2 aliphatic rings. The van der Waals surface area contributed by atoms with Gasteiger partial charge in [0.1, 0.15) is 4.32 Å². The highest BCUT2D eigenvalue weighted by Crippen LogP contribution is 2.33.